The van der Waals surface area contributed by atoms with Gasteiger partial charge >= 0.3 is 0 Å². The van der Waals surface area contributed by atoms with Gasteiger partial charge in [0.2, 0.25) is 0 Å². The second kappa shape index (κ2) is 6.34. The quantitative estimate of drug-likeness (QED) is 0.721. The molecule has 1 N–H and O–H groups in total. The van der Waals surface area contributed by atoms with Gasteiger partial charge in [-0.1, -0.05) is 30.3 Å². The Hall–Kier alpha value is -3.65. The van der Waals surface area contributed by atoms with Gasteiger partial charge in [0.15, 0.2) is 5.82 Å². The number of nitriles is 1. The van der Waals surface area contributed by atoms with Crippen molar-refractivity contribution >= 4 is 22.6 Å². The molecule has 0 saturated heterocycles. The molecule has 3 aromatic rings. The van der Waals surface area contributed by atoms with E-state index in [1.54, 1.807) is 24.3 Å². The highest BCUT2D eigenvalue weighted by molar-refractivity contribution is 5.83. The summed E-state index contributed by atoms with van der Waals surface area (Å²) in [6.45, 7) is 1.92. The van der Waals surface area contributed by atoms with Crippen molar-refractivity contribution in [2.24, 2.45) is 0 Å². The van der Waals surface area contributed by atoms with Gasteiger partial charge in [0.05, 0.1) is 16.5 Å². The Bertz CT molecular complexity index is 1170. The van der Waals surface area contributed by atoms with Crippen LogP contribution in [0.15, 0.2) is 65.0 Å². The summed E-state index contributed by atoms with van der Waals surface area (Å²) in [5, 5.41) is 10.1. The molecule has 1 aliphatic rings. The van der Waals surface area contributed by atoms with E-state index in [0.717, 1.165) is 16.9 Å². The third-order valence-electron chi connectivity index (χ3n) is 4.31. The summed E-state index contributed by atoms with van der Waals surface area (Å²) in [4.78, 5) is 19.4. The van der Waals surface area contributed by atoms with E-state index in [4.69, 9.17) is 4.74 Å². The number of hydrogen-bond acceptors (Lipinski definition) is 4. The summed E-state index contributed by atoms with van der Waals surface area (Å²) in [6.07, 6.45) is 3.49. The molecule has 0 unspecified atom stereocenters. The molecule has 4 rings (SSSR count). The van der Waals surface area contributed by atoms with Crippen LogP contribution in [0.3, 0.4) is 0 Å². The minimum atomic E-state index is -0.265. The Morgan fingerprint density at radius 3 is 2.85 bits per heavy atom. The Morgan fingerprint density at radius 2 is 2.00 bits per heavy atom. The average molecular weight is 341 g/mol. The van der Waals surface area contributed by atoms with Crippen LogP contribution in [0.4, 0.5) is 0 Å². The largest absolute Gasteiger partial charge is 0.485 e. The molecule has 0 spiro atoms. The van der Waals surface area contributed by atoms with Crippen molar-refractivity contribution < 1.29 is 4.74 Å². The fourth-order valence-corrected chi connectivity index (χ4v) is 2.96. The maximum absolute atomic E-state index is 12.3. The molecular weight excluding hydrogens is 326 g/mol. The van der Waals surface area contributed by atoms with Crippen LogP contribution in [-0.4, -0.2) is 16.1 Å². The molecule has 0 radical (unpaired) electrons. The zero-order valence-corrected chi connectivity index (χ0v) is 14.1. The molecule has 0 bridgehead atoms. The van der Waals surface area contributed by atoms with Crippen LogP contribution in [0.1, 0.15) is 18.3 Å². The van der Waals surface area contributed by atoms with Gasteiger partial charge in [0.25, 0.3) is 5.56 Å². The highest BCUT2D eigenvalue weighted by atomic mass is 16.5. The Kier molecular flexibility index (Phi) is 3.86. The Balaban J connectivity index is 1.82. The van der Waals surface area contributed by atoms with E-state index in [2.05, 4.69) is 16.0 Å². The molecular formula is C21H15N3O2. The van der Waals surface area contributed by atoms with E-state index in [9.17, 15) is 10.1 Å². The lowest BCUT2D eigenvalue weighted by Gasteiger charge is -2.23. The average Bonchev–Trinajstić information content (AvgIpc) is 2.66. The summed E-state index contributed by atoms with van der Waals surface area (Å²) in [5.41, 5.74) is 2.37. The number of aromatic nitrogens is 2. The van der Waals surface area contributed by atoms with Crippen LogP contribution in [0.5, 0.6) is 5.75 Å². The molecule has 26 heavy (non-hydrogen) atoms. The first kappa shape index (κ1) is 15.9. The smallest absolute Gasteiger partial charge is 0.259 e. The van der Waals surface area contributed by atoms with Crippen molar-refractivity contribution in [3.05, 3.63) is 81.9 Å². The number of allylic oxidation sites excluding steroid dienone is 1. The molecule has 5 nitrogen and oxygen atoms in total. The van der Waals surface area contributed by atoms with Gasteiger partial charge in [-0.05, 0) is 42.8 Å². The van der Waals surface area contributed by atoms with Crippen LogP contribution < -0.4 is 10.3 Å². The van der Waals surface area contributed by atoms with E-state index >= 15 is 0 Å². The number of rotatable bonds is 2. The third kappa shape index (κ3) is 2.78. The number of nitrogens with zero attached hydrogens (tertiary/aromatic N) is 2. The minimum absolute atomic E-state index is 0.208. The number of hydrogen-bond donors (Lipinski definition) is 1. The lowest BCUT2D eigenvalue weighted by Crippen LogP contribution is -2.18. The standard InChI is InChI=1S/C21H15N3O2/c1-13-15(10-14-6-2-5-9-19(14)26-13)11-16(12-22)20-23-18-8-4-3-7-17(18)21(25)24-20/h2-11,13H,1H3,(H,23,24,25)/b16-11+/t13-/m0/s1. The van der Waals surface area contributed by atoms with Gasteiger partial charge in [-0.15, -0.1) is 0 Å². The molecule has 0 fully saturated rings. The third-order valence-corrected chi connectivity index (χ3v) is 4.31. The maximum atomic E-state index is 12.3. The van der Waals surface area contributed by atoms with E-state index < -0.39 is 0 Å². The van der Waals surface area contributed by atoms with E-state index in [0.29, 0.717) is 10.9 Å². The van der Waals surface area contributed by atoms with Crippen molar-refractivity contribution in [1.29, 1.82) is 5.26 Å². The summed E-state index contributed by atoms with van der Waals surface area (Å²) in [5.74, 6) is 1.07. The molecule has 2 aromatic carbocycles. The summed E-state index contributed by atoms with van der Waals surface area (Å²) in [7, 11) is 0. The zero-order chi connectivity index (χ0) is 18.1. The summed E-state index contributed by atoms with van der Waals surface area (Å²) >= 11 is 0. The molecule has 1 aliphatic heterocycles. The van der Waals surface area contributed by atoms with E-state index in [1.807, 2.05) is 43.3 Å². The molecule has 1 aromatic heterocycles. The lowest BCUT2D eigenvalue weighted by molar-refractivity contribution is 0.257. The first-order valence-corrected chi connectivity index (χ1v) is 8.24. The van der Waals surface area contributed by atoms with Crippen molar-refractivity contribution in [2.75, 3.05) is 0 Å². The monoisotopic (exact) mass is 341 g/mol. The number of benzene rings is 2. The van der Waals surface area contributed by atoms with Crippen LogP contribution in [0.25, 0.3) is 22.6 Å². The lowest BCUT2D eigenvalue weighted by atomic mass is 10.00. The molecule has 0 amide bonds. The number of nitrogens with one attached hydrogen (secondary N) is 1. The number of fused-ring (bicyclic) bond motifs is 2. The Labute approximate surface area is 149 Å². The van der Waals surface area contributed by atoms with Crippen molar-refractivity contribution in [3.63, 3.8) is 0 Å². The number of ether oxygens (including phenoxy) is 1. The van der Waals surface area contributed by atoms with Crippen LogP contribution in [0.2, 0.25) is 0 Å². The molecule has 2 heterocycles. The fourth-order valence-electron chi connectivity index (χ4n) is 2.96. The normalized spacial score (nSPS) is 16.4. The van der Waals surface area contributed by atoms with Crippen LogP contribution in [0, 0.1) is 11.3 Å². The first-order valence-electron chi connectivity index (χ1n) is 8.24. The van der Waals surface area contributed by atoms with E-state index in [-0.39, 0.29) is 23.1 Å². The predicted octanol–water partition coefficient (Wildman–Crippen LogP) is 3.69. The molecule has 0 aliphatic carbocycles. The topological polar surface area (TPSA) is 78.8 Å². The van der Waals surface area contributed by atoms with Crippen LogP contribution in [-0.2, 0) is 0 Å². The van der Waals surface area contributed by atoms with Crippen molar-refractivity contribution in [2.45, 2.75) is 13.0 Å². The predicted molar refractivity (Wildman–Crippen MR) is 100 cm³/mol. The molecule has 5 heteroatoms. The number of H-pyrrole nitrogens is 1. The second-order valence-corrected chi connectivity index (χ2v) is 6.04. The van der Waals surface area contributed by atoms with Gasteiger partial charge in [-0.3, -0.25) is 4.79 Å². The van der Waals surface area contributed by atoms with Crippen molar-refractivity contribution in [1.82, 2.24) is 9.97 Å². The van der Waals surface area contributed by atoms with Gasteiger partial charge in [-0.2, -0.15) is 5.26 Å². The first-order chi connectivity index (χ1) is 12.7. The summed E-state index contributed by atoms with van der Waals surface area (Å²) < 4.78 is 5.91. The van der Waals surface area contributed by atoms with E-state index in [1.165, 1.54) is 0 Å². The van der Waals surface area contributed by atoms with Crippen molar-refractivity contribution in [3.8, 4) is 11.8 Å². The van der Waals surface area contributed by atoms with Gasteiger partial charge in [0, 0.05) is 5.56 Å². The fraction of sp³-hybridized carbons (Fsp3) is 0.0952. The molecule has 126 valence electrons. The second-order valence-electron chi connectivity index (χ2n) is 6.04. The highest BCUT2D eigenvalue weighted by Crippen LogP contribution is 2.30. The number of aromatic amines is 1. The van der Waals surface area contributed by atoms with Crippen LogP contribution >= 0.6 is 0 Å². The molecule has 1 atom stereocenters. The zero-order valence-electron chi connectivity index (χ0n) is 14.1. The maximum Gasteiger partial charge on any atom is 0.259 e. The Morgan fingerprint density at radius 1 is 1.23 bits per heavy atom. The SMILES string of the molecule is C[C@@H]1Oc2ccccc2C=C1/C=C(\C#N)c1nc2ccccc2c(=O)[nH]1. The summed E-state index contributed by atoms with van der Waals surface area (Å²) in [6, 6.07) is 16.9. The highest BCUT2D eigenvalue weighted by Gasteiger charge is 2.18. The van der Waals surface area contributed by atoms with Gasteiger partial charge < -0.3 is 9.72 Å². The molecule has 0 saturated carbocycles. The number of para-hydroxylation sites is 2. The minimum Gasteiger partial charge on any atom is -0.485 e. The van der Waals surface area contributed by atoms with Gasteiger partial charge in [0.1, 0.15) is 17.9 Å². The van der Waals surface area contributed by atoms with Gasteiger partial charge in [-0.25, -0.2) is 4.98 Å².